The molecule has 3 rings (SSSR count). The molecule has 1 heterocycles. The standard InChI is InChI=1S/C23H25N3O4S/c1-16-11-19(12-17(2)22(16)30-15-18-7-6-10-24-14-18)23(27)25-20-8-5-9-21(13-20)31(28,29)26(3)4/h5-14H,15H2,1-4H3,(H,25,27). The third kappa shape index (κ3) is 5.28. The number of pyridine rings is 1. The van der Waals surface area contributed by atoms with Gasteiger partial charge in [0.25, 0.3) is 5.91 Å². The van der Waals surface area contributed by atoms with Crippen molar-refractivity contribution < 1.29 is 17.9 Å². The van der Waals surface area contributed by atoms with Gasteiger partial charge in [0.1, 0.15) is 12.4 Å². The second kappa shape index (κ2) is 9.28. The van der Waals surface area contributed by atoms with Crippen LogP contribution in [-0.4, -0.2) is 37.7 Å². The van der Waals surface area contributed by atoms with Crippen LogP contribution in [-0.2, 0) is 16.6 Å². The summed E-state index contributed by atoms with van der Waals surface area (Å²) in [6.07, 6.45) is 3.45. The molecule has 0 aliphatic heterocycles. The van der Waals surface area contributed by atoms with Gasteiger partial charge in [-0.1, -0.05) is 12.1 Å². The molecule has 0 fully saturated rings. The summed E-state index contributed by atoms with van der Waals surface area (Å²) >= 11 is 0. The Bertz CT molecular complexity index is 1170. The lowest BCUT2D eigenvalue weighted by Gasteiger charge is -2.15. The number of rotatable bonds is 7. The number of carbonyl (C=O) groups excluding carboxylic acids is 1. The van der Waals surface area contributed by atoms with Gasteiger partial charge in [0.05, 0.1) is 4.90 Å². The van der Waals surface area contributed by atoms with Crippen molar-refractivity contribution >= 4 is 21.6 Å². The maximum absolute atomic E-state index is 12.8. The van der Waals surface area contributed by atoms with E-state index in [9.17, 15) is 13.2 Å². The summed E-state index contributed by atoms with van der Waals surface area (Å²) in [6, 6.07) is 13.5. The van der Waals surface area contributed by atoms with E-state index >= 15 is 0 Å². The second-order valence-corrected chi connectivity index (χ2v) is 9.51. The van der Waals surface area contributed by atoms with Crippen LogP contribution >= 0.6 is 0 Å². The van der Waals surface area contributed by atoms with Crippen LogP contribution in [0.15, 0.2) is 65.8 Å². The largest absolute Gasteiger partial charge is 0.488 e. The maximum Gasteiger partial charge on any atom is 0.255 e. The van der Waals surface area contributed by atoms with Crippen molar-refractivity contribution in [3.05, 3.63) is 83.2 Å². The lowest BCUT2D eigenvalue weighted by molar-refractivity contribution is 0.102. The molecule has 0 aliphatic carbocycles. The quantitative estimate of drug-likeness (QED) is 0.605. The average Bonchev–Trinajstić information content (AvgIpc) is 2.73. The minimum Gasteiger partial charge on any atom is -0.488 e. The number of nitrogens with one attached hydrogen (secondary N) is 1. The SMILES string of the molecule is Cc1cc(C(=O)Nc2cccc(S(=O)(=O)N(C)C)c2)cc(C)c1OCc1cccnc1. The summed E-state index contributed by atoms with van der Waals surface area (Å²) in [4.78, 5) is 17.0. The lowest BCUT2D eigenvalue weighted by Crippen LogP contribution is -2.22. The Balaban J connectivity index is 1.77. The molecule has 0 spiro atoms. The molecule has 0 aliphatic rings. The van der Waals surface area contributed by atoms with E-state index in [1.165, 1.54) is 26.2 Å². The molecule has 0 atom stereocenters. The van der Waals surface area contributed by atoms with Crippen LogP contribution < -0.4 is 10.1 Å². The first kappa shape index (κ1) is 22.5. The Morgan fingerprint density at radius 2 is 1.77 bits per heavy atom. The highest BCUT2D eigenvalue weighted by Gasteiger charge is 2.18. The number of amides is 1. The van der Waals surface area contributed by atoms with E-state index in [0.717, 1.165) is 26.7 Å². The van der Waals surface area contributed by atoms with Gasteiger partial charge < -0.3 is 10.1 Å². The number of carbonyl (C=O) groups is 1. The van der Waals surface area contributed by atoms with E-state index in [1.807, 2.05) is 26.0 Å². The number of hydrogen-bond acceptors (Lipinski definition) is 5. The molecule has 7 nitrogen and oxygen atoms in total. The van der Waals surface area contributed by atoms with E-state index in [4.69, 9.17) is 4.74 Å². The molecule has 0 radical (unpaired) electrons. The van der Waals surface area contributed by atoms with Gasteiger partial charge in [-0.25, -0.2) is 12.7 Å². The van der Waals surface area contributed by atoms with Gasteiger partial charge in [0, 0.05) is 43.3 Å². The number of hydrogen-bond donors (Lipinski definition) is 1. The fourth-order valence-electron chi connectivity index (χ4n) is 3.10. The number of sulfonamides is 1. The zero-order valence-corrected chi connectivity index (χ0v) is 18.7. The summed E-state index contributed by atoms with van der Waals surface area (Å²) in [6.45, 7) is 4.15. The topological polar surface area (TPSA) is 88.6 Å². The van der Waals surface area contributed by atoms with Crippen LogP contribution in [0, 0.1) is 13.8 Å². The first-order valence-electron chi connectivity index (χ1n) is 9.65. The van der Waals surface area contributed by atoms with Crippen molar-refractivity contribution in [2.24, 2.45) is 0 Å². The van der Waals surface area contributed by atoms with Gasteiger partial charge in [-0.15, -0.1) is 0 Å². The Morgan fingerprint density at radius 3 is 2.39 bits per heavy atom. The predicted molar refractivity (Wildman–Crippen MR) is 120 cm³/mol. The molecule has 1 amide bonds. The number of nitrogens with zero attached hydrogens (tertiary/aromatic N) is 2. The summed E-state index contributed by atoms with van der Waals surface area (Å²) in [5.41, 5.74) is 3.48. The minimum atomic E-state index is -3.59. The van der Waals surface area contributed by atoms with Gasteiger partial charge >= 0.3 is 0 Å². The third-order valence-corrected chi connectivity index (χ3v) is 6.51. The van der Waals surface area contributed by atoms with E-state index in [2.05, 4.69) is 10.3 Å². The number of aromatic nitrogens is 1. The van der Waals surface area contributed by atoms with Crippen molar-refractivity contribution in [2.45, 2.75) is 25.3 Å². The molecule has 3 aromatic rings. The summed E-state index contributed by atoms with van der Waals surface area (Å²) < 4.78 is 31.7. The molecule has 2 aromatic carbocycles. The van der Waals surface area contributed by atoms with E-state index in [-0.39, 0.29) is 10.8 Å². The first-order chi connectivity index (χ1) is 14.7. The van der Waals surface area contributed by atoms with E-state index in [0.29, 0.717) is 17.9 Å². The Labute approximate surface area is 182 Å². The van der Waals surface area contributed by atoms with Gasteiger partial charge in [-0.2, -0.15) is 0 Å². The van der Waals surface area contributed by atoms with Crippen LogP contribution in [0.2, 0.25) is 0 Å². The van der Waals surface area contributed by atoms with Crippen molar-refractivity contribution in [3.63, 3.8) is 0 Å². The molecule has 1 N–H and O–H groups in total. The second-order valence-electron chi connectivity index (χ2n) is 7.36. The maximum atomic E-state index is 12.8. The number of ether oxygens (including phenoxy) is 1. The fourth-order valence-corrected chi connectivity index (χ4v) is 4.04. The number of benzene rings is 2. The molecule has 8 heteroatoms. The van der Waals surface area contributed by atoms with Crippen molar-refractivity contribution in [1.82, 2.24) is 9.29 Å². The third-order valence-electron chi connectivity index (χ3n) is 4.70. The smallest absolute Gasteiger partial charge is 0.255 e. The highest BCUT2D eigenvalue weighted by atomic mass is 32.2. The summed E-state index contributed by atoms with van der Waals surface area (Å²) in [7, 11) is -0.662. The van der Waals surface area contributed by atoms with Crippen LogP contribution in [0.25, 0.3) is 0 Å². The van der Waals surface area contributed by atoms with Crippen LogP contribution in [0.4, 0.5) is 5.69 Å². The van der Waals surface area contributed by atoms with Gasteiger partial charge in [0.2, 0.25) is 10.0 Å². The molecule has 1 aromatic heterocycles. The molecule has 162 valence electrons. The van der Waals surface area contributed by atoms with Crippen LogP contribution in [0.1, 0.15) is 27.0 Å². The monoisotopic (exact) mass is 439 g/mol. The molecular formula is C23H25N3O4S. The summed E-state index contributed by atoms with van der Waals surface area (Å²) in [5.74, 6) is 0.392. The number of aryl methyl sites for hydroxylation is 2. The Morgan fingerprint density at radius 1 is 1.06 bits per heavy atom. The molecule has 0 bridgehead atoms. The molecule has 0 unspecified atom stereocenters. The fraction of sp³-hybridized carbons (Fsp3) is 0.217. The molecule has 31 heavy (non-hydrogen) atoms. The van der Waals surface area contributed by atoms with Gasteiger partial charge in [-0.05, 0) is 61.4 Å². The van der Waals surface area contributed by atoms with E-state index < -0.39 is 10.0 Å². The Hall–Kier alpha value is -3.23. The Kier molecular flexibility index (Phi) is 6.72. The molecule has 0 saturated heterocycles. The average molecular weight is 440 g/mol. The normalized spacial score (nSPS) is 11.4. The van der Waals surface area contributed by atoms with Crippen molar-refractivity contribution in [3.8, 4) is 5.75 Å². The predicted octanol–water partition coefficient (Wildman–Crippen LogP) is 3.78. The van der Waals surface area contributed by atoms with Crippen LogP contribution in [0.5, 0.6) is 5.75 Å². The first-order valence-corrected chi connectivity index (χ1v) is 11.1. The van der Waals surface area contributed by atoms with Crippen molar-refractivity contribution in [1.29, 1.82) is 0 Å². The number of anilines is 1. The van der Waals surface area contributed by atoms with Gasteiger partial charge in [0.15, 0.2) is 0 Å². The zero-order valence-electron chi connectivity index (χ0n) is 17.9. The zero-order chi connectivity index (χ0) is 22.6. The van der Waals surface area contributed by atoms with Crippen molar-refractivity contribution in [2.75, 3.05) is 19.4 Å². The molecular weight excluding hydrogens is 414 g/mol. The summed E-state index contributed by atoms with van der Waals surface area (Å²) in [5, 5.41) is 2.77. The van der Waals surface area contributed by atoms with E-state index in [1.54, 1.807) is 36.7 Å². The van der Waals surface area contributed by atoms with Crippen LogP contribution in [0.3, 0.4) is 0 Å². The molecule has 0 saturated carbocycles. The minimum absolute atomic E-state index is 0.113. The highest BCUT2D eigenvalue weighted by Crippen LogP contribution is 2.26. The lowest BCUT2D eigenvalue weighted by atomic mass is 10.0. The highest BCUT2D eigenvalue weighted by molar-refractivity contribution is 7.89. The van der Waals surface area contributed by atoms with Gasteiger partial charge in [-0.3, -0.25) is 9.78 Å².